The fraction of sp³-hybridized carbons (Fsp3) is 0.688. The van der Waals surface area contributed by atoms with Gasteiger partial charge in [0.05, 0.1) is 0 Å². The molecule has 4 nitrogen and oxygen atoms in total. The standard InChI is InChI=1S/C16H28N4/c1-5-8-17-13(2)14-6-9-18-16(11-14)20-10-7-15(12-20)19(3)4/h6,9,11,13,15,17H,5,7-8,10,12H2,1-4H3. The van der Waals surface area contributed by atoms with Crippen LogP contribution in [0.15, 0.2) is 18.3 Å². The van der Waals surface area contributed by atoms with Gasteiger partial charge in [0.15, 0.2) is 0 Å². The van der Waals surface area contributed by atoms with Crippen LogP contribution in [0.25, 0.3) is 0 Å². The molecule has 0 spiro atoms. The summed E-state index contributed by atoms with van der Waals surface area (Å²) in [4.78, 5) is 9.28. The zero-order valence-corrected chi connectivity index (χ0v) is 13.3. The van der Waals surface area contributed by atoms with Gasteiger partial charge in [-0.3, -0.25) is 0 Å². The number of rotatable bonds is 6. The van der Waals surface area contributed by atoms with E-state index in [1.54, 1.807) is 0 Å². The van der Waals surface area contributed by atoms with Crippen LogP contribution in [0, 0.1) is 0 Å². The summed E-state index contributed by atoms with van der Waals surface area (Å²) >= 11 is 0. The average molecular weight is 276 g/mol. The minimum atomic E-state index is 0.393. The van der Waals surface area contributed by atoms with Crippen LogP contribution < -0.4 is 10.2 Å². The van der Waals surface area contributed by atoms with Crippen molar-refractivity contribution >= 4 is 5.82 Å². The molecular weight excluding hydrogens is 248 g/mol. The number of aromatic nitrogens is 1. The molecule has 2 heterocycles. The molecule has 0 aromatic carbocycles. The molecule has 0 bridgehead atoms. The van der Waals surface area contributed by atoms with Crippen LogP contribution in [-0.4, -0.2) is 49.7 Å². The maximum Gasteiger partial charge on any atom is 0.128 e. The third-order valence-electron chi connectivity index (χ3n) is 4.19. The van der Waals surface area contributed by atoms with E-state index in [1.807, 2.05) is 6.20 Å². The highest BCUT2D eigenvalue weighted by atomic mass is 15.3. The first-order valence-electron chi connectivity index (χ1n) is 7.72. The lowest BCUT2D eigenvalue weighted by molar-refractivity contribution is 0.315. The van der Waals surface area contributed by atoms with E-state index in [1.165, 1.54) is 18.4 Å². The summed E-state index contributed by atoms with van der Waals surface area (Å²) in [6, 6.07) is 5.40. The van der Waals surface area contributed by atoms with Crippen molar-refractivity contribution in [2.45, 2.75) is 38.8 Å². The number of anilines is 1. The van der Waals surface area contributed by atoms with Crippen LogP contribution in [0.3, 0.4) is 0 Å². The number of hydrogen-bond acceptors (Lipinski definition) is 4. The molecule has 0 amide bonds. The van der Waals surface area contributed by atoms with Crippen molar-refractivity contribution in [3.8, 4) is 0 Å². The van der Waals surface area contributed by atoms with Gasteiger partial charge in [-0.25, -0.2) is 4.98 Å². The highest BCUT2D eigenvalue weighted by molar-refractivity contribution is 5.43. The first-order valence-corrected chi connectivity index (χ1v) is 7.72. The fourth-order valence-electron chi connectivity index (χ4n) is 2.73. The maximum atomic E-state index is 4.56. The average Bonchev–Trinajstić information content (AvgIpc) is 2.95. The molecule has 2 unspecified atom stereocenters. The molecule has 1 aromatic heterocycles. The Bertz CT molecular complexity index is 419. The molecule has 1 saturated heterocycles. The highest BCUT2D eigenvalue weighted by Gasteiger charge is 2.25. The van der Waals surface area contributed by atoms with Gasteiger partial charge in [0, 0.05) is 31.4 Å². The van der Waals surface area contributed by atoms with E-state index in [2.05, 4.69) is 60.2 Å². The van der Waals surface area contributed by atoms with Gasteiger partial charge in [-0.05, 0) is 58.1 Å². The number of pyridine rings is 1. The normalized spacial score (nSPS) is 20.6. The molecule has 112 valence electrons. The topological polar surface area (TPSA) is 31.4 Å². The van der Waals surface area contributed by atoms with Gasteiger partial charge in [0.1, 0.15) is 5.82 Å². The quantitative estimate of drug-likeness (QED) is 0.864. The van der Waals surface area contributed by atoms with E-state index in [0.29, 0.717) is 12.1 Å². The molecule has 0 saturated carbocycles. The summed E-state index contributed by atoms with van der Waals surface area (Å²) in [6.07, 6.45) is 4.33. The second kappa shape index (κ2) is 7.04. The molecule has 1 aromatic rings. The molecule has 1 N–H and O–H groups in total. The minimum Gasteiger partial charge on any atom is -0.355 e. The summed E-state index contributed by atoms with van der Waals surface area (Å²) in [6.45, 7) is 7.67. The predicted octanol–water partition coefficient (Wildman–Crippen LogP) is 2.28. The summed E-state index contributed by atoms with van der Waals surface area (Å²) in [7, 11) is 4.32. The highest BCUT2D eigenvalue weighted by Crippen LogP contribution is 2.23. The first kappa shape index (κ1) is 15.3. The van der Waals surface area contributed by atoms with E-state index in [0.717, 1.165) is 25.5 Å². The molecule has 1 aliphatic rings. The second-order valence-electron chi connectivity index (χ2n) is 5.98. The summed E-state index contributed by atoms with van der Waals surface area (Å²) < 4.78 is 0. The summed E-state index contributed by atoms with van der Waals surface area (Å²) in [5.41, 5.74) is 1.33. The van der Waals surface area contributed by atoms with E-state index < -0.39 is 0 Å². The summed E-state index contributed by atoms with van der Waals surface area (Å²) in [5, 5.41) is 3.54. The van der Waals surface area contributed by atoms with Crippen molar-refractivity contribution in [2.24, 2.45) is 0 Å². The van der Waals surface area contributed by atoms with Crippen molar-refractivity contribution < 1.29 is 0 Å². The zero-order chi connectivity index (χ0) is 14.5. The van der Waals surface area contributed by atoms with Crippen molar-refractivity contribution in [1.29, 1.82) is 0 Å². The van der Waals surface area contributed by atoms with Crippen LogP contribution >= 0.6 is 0 Å². The van der Waals surface area contributed by atoms with Gasteiger partial charge >= 0.3 is 0 Å². The maximum absolute atomic E-state index is 4.56. The number of hydrogen-bond donors (Lipinski definition) is 1. The van der Waals surface area contributed by atoms with Gasteiger partial charge in [0.2, 0.25) is 0 Å². The smallest absolute Gasteiger partial charge is 0.128 e. The van der Waals surface area contributed by atoms with Crippen LogP contribution in [0.1, 0.15) is 38.3 Å². The molecule has 0 aliphatic carbocycles. The van der Waals surface area contributed by atoms with E-state index >= 15 is 0 Å². The molecule has 2 atom stereocenters. The monoisotopic (exact) mass is 276 g/mol. The molecule has 1 fully saturated rings. The van der Waals surface area contributed by atoms with Gasteiger partial charge < -0.3 is 15.1 Å². The van der Waals surface area contributed by atoms with Crippen molar-refractivity contribution in [1.82, 2.24) is 15.2 Å². The fourth-order valence-corrected chi connectivity index (χ4v) is 2.73. The van der Waals surface area contributed by atoms with Crippen molar-refractivity contribution in [2.75, 3.05) is 38.6 Å². The third kappa shape index (κ3) is 3.70. The number of nitrogens with one attached hydrogen (secondary N) is 1. The Labute approximate surface area is 123 Å². The molecular formula is C16H28N4. The molecule has 20 heavy (non-hydrogen) atoms. The van der Waals surface area contributed by atoms with E-state index in [4.69, 9.17) is 0 Å². The van der Waals surface area contributed by atoms with Gasteiger partial charge in [-0.15, -0.1) is 0 Å². The molecule has 4 heteroatoms. The third-order valence-corrected chi connectivity index (χ3v) is 4.19. The first-order chi connectivity index (χ1) is 9.61. The lowest BCUT2D eigenvalue weighted by Gasteiger charge is -2.22. The van der Waals surface area contributed by atoms with Gasteiger partial charge in [0.25, 0.3) is 0 Å². The summed E-state index contributed by atoms with van der Waals surface area (Å²) in [5.74, 6) is 1.12. The minimum absolute atomic E-state index is 0.393. The Morgan fingerprint density at radius 3 is 2.95 bits per heavy atom. The van der Waals surface area contributed by atoms with Crippen LogP contribution in [0.5, 0.6) is 0 Å². The van der Waals surface area contributed by atoms with Crippen LogP contribution in [0.2, 0.25) is 0 Å². The van der Waals surface area contributed by atoms with E-state index in [-0.39, 0.29) is 0 Å². The molecule has 2 rings (SSSR count). The lowest BCUT2D eigenvalue weighted by Crippen LogP contribution is -2.31. The largest absolute Gasteiger partial charge is 0.355 e. The Morgan fingerprint density at radius 2 is 2.30 bits per heavy atom. The van der Waals surface area contributed by atoms with Crippen LogP contribution in [0.4, 0.5) is 5.82 Å². The zero-order valence-electron chi connectivity index (χ0n) is 13.3. The lowest BCUT2D eigenvalue weighted by atomic mass is 10.1. The predicted molar refractivity (Wildman–Crippen MR) is 85.3 cm³/mol. The van der Waals surface area contributed by atoms with E-state index in [9.17, 15) is 0 Å². The molecule has 0 radical (unpaired) electrons. The second-order valence-corrected chi connectivity index (χ2v) is 5.98. The van der Waals surface area contributed by atoms with Crippen molar-refractivity contribution in [3.63, 3.8) is 0 Å². The Morgan fingerprint density at radius 1 is 1.50 bits per heavy atom. The Balaban J connectivity index is 2.03. The SMILES string of the molecule is CCCNC(C)c1ccnc(N2CCC(N(C)C)C2)c1. The van der Waals surface area contributed by atoms with Gasteiger partial charge in [-0.2, -0.15) is 0 Å². The molecule has 1 aliphatic heterocycles. The number of likely N-dealkylation sites (N-methyl/N-ethyl adjacent to an activating group) is 1. The van der Waals surface area contributed by atoms with Crippen LogP contribution in [-0.2, 0) is 0 Å². The Kier molecular flexibility index (Phi) is 5.38. The Hall–Kier alpha value is -1.13. The number of nitrogens with zero attached hydrogens (tertiary/aromatic N) is 3. The van der Waals surface area contributed by atoms with Crippen molar-refractivity contribution in [3.05, 3.63) is 23.9 Å². The van der Waals surface area contributed by atoms with Gasteiger partial charge in [-0.1, -0.05) is 6.92 Å².